The average molecular weight is 756 g/mol. The molecular weight excluding hydrogens is 714 g/mol. The smallest absolute Gasteiger partial charge is 0.352 e. The Kier molecular flexibility index (Phi) is 10.0. The van der Waals surface area contributed by atoms with Crippen molar-refractivity contribution in [3.63, 3.8) is 0 Å². The number of carbonyl (C=O) groups is 1. The summed E-state index contributed by atoms with van der Waals surface area (Å²) >= 11 is 10.7. The van der Waals surface area contributed by atoms with E-state index in [2.05, 4.69) is 48.0 Å². The molecule has 0 unspecified atom stereocenters. The van der Waals surface area contributed by atoms with Crippen molar-refractivity contribution in [3.8, 4) is 16.9 Å². The lowest BCUT2D eigenvalue weighted by atomic mass is 9.98. The number of halogens is 1. The molecule has 52 heavy (non-hydrogen) atoms. The van der Waals surface area contributed by atoms with Gasteiger partial charge < -0.3 is 19.1 Å². The molecule has 6 aromatic rings. The number of aromatic nitrogens is 5. The predicted octanol–water partition coefficient (Wildman–Crippen LogP) is 9.07. The molecule has 5 heterocycles. The highest BCUT2D eigenvalue weighted by Crippen LogP contribution is 2.43. The number of nitrogens with zero attached hydrogens (tertiary/aromatic N) is 5. The number of aryl methyl sites for hydroxylation is 3. The molecule has 0 spiro atoms. The number of benzene rings is 3. The molecule has 2 aliphatic rings. The van der Waals surface area contributed by atoms with Gasteiger partial charge in [-0.3, -0.25) is 9.36 Å². The first-order chi connectivity index (χ1) is 25.3. The highest BCUT2D eigenvalue weighted by atomic mass is 35.5. The second-order valence-corrected chi connectivity index (χ2v) is 16.2. The van der Waals surface area contributed by atoms with Crippen LogP contribution in [0.2, 0.25) is 5.02 Å². The summed E-state index contributed by atoms with van der Waals surface area (Å²) in [7, 11) is 3.78. The van der Waals surface area contributed by atoms with Crippen LogP contribution in [0.5, 0.6) is 5.75 Å². The Morgan fingerprint density at radius 2 is 1.81 bits per heavy atom. The maximum absolute atomic E-state index is 12.8. The molecule has 0 saturated carbocycles. The minimum atomic E-state index is -0.961. The minimum absolute atomic E-state index is 0.274. The molecular formula is C40H42ClN5O4S2. The Balaban J connectivity index is 1.23. The van der Waals surface area contributed by atoms with E-state index in [1.807, 2.05) is 48.7 Å². The van der Waals surface area contributed by atoms with Crippen molar-refractivity contribution in [1.29, 1.82) is 0 Å². The molecule has 1 saturated heterocycles. The van der Waals surface area contributed by atoms with Crippen LogP contribution in [0.4, 0.5) is 0 Å². The quantitative estimate of drug-likeness (QED) is 0.191. The van der Waals surface area contributed by atoms with Crippen LogP contribution in [0.25, 0.3) is 32.8 Å². The first kappa shape index (κ1) is 35.1. The van der Waals surface area contributed by atoms with Crippen LogP contribution >= 0.6 is 35.1 Å². The monoisotopic (exact) mass is 755 g/mol. The van der Waals surface area contributed by atoms with Crippen molar-refractivity contribution >= 4 is 62.8 Å². The van der Waals surface area contributed by atoms with E-state index in [-0.39, 0.29) is 5.69 Å². The summed E-state index contributed by atoms with van der Waals surface area (Å²) < 4.78 is 18.1. The Morgan fingerprint density at radius 3 is 2.63 bits per heavy atom. The zero-order chi connectivity index (χ0) is 35.9. The zero-order valence-corrected chi connectivity index (χ0v) is 32.0. The Hall–Kier alpha value is -3.90. The number of fused-ring (bicyclic) bond motifs is 8. The third kappa shape index (κ3) is 6.72. The molecule has 0 amide bonds. The number of rotatable bonds is 3. The number of hydrogen-bond acceptors (Lipinski definition) is 7. The Morgan fingerprint density at radius 1 is 0.981 bits per heavy atom. The molecule has 3 aromatic carbocycles. The van der Waals surface area contributed by atoms with Crippen molar-refractivity contribution in [2.24, 2.45) is 20.0 Å². The molecule has 270 valence electrons. The summed E-state index contributed by atoms with van der Waals surface area (Å²) in [6.07, 6.45) is 3.28. The normalized spacial score (nSPS) is 16.2. The molecule has 0 aliphatic carbocycles. The summed E-state index contributed by atoms with van der Waals surface area (Å²) in [5.74, 6) is 2.60. The van der Waals surface area contributed by atoms with Gasteiger partial charge in [-0.25, -0.2) is 4.79 Å². The first-order valence-electron chi connectivity index (χ1n) is 17.8. The lowest BCUT2D eigenvalue weighted by molar-refractivity contribution is 0.0599. The van der Waals surface area contributed by atoms with Crippen molar-refractivity contribution in [2.45, 2.75) is 61.3 Å². The van der Waals surface area contributed by atoms with Crippen LogP contribution in [0.1, 0.15) is 58.1 Å². The van der Waals surface area contributed by atoms with Crippen molar-refractivity contribution < 1.29 is 19.4 Å². The van der Waals surface area contributed by atoms with E-state index in [9.17, 15) is 9.90 Å². The highest BCUT2D eigenvalue weighted by Gasteiger charge is 2.27. The van der Waals surface area contributed by atoms with Crippen LogP contribution in [0.3, 0.4) is 0 Å². The van der Waals surface area contributed by atoms with E-state index in [0.717, 1.165) is 110 Å². The van der Waals surface area contributed by atoms with E-state index in [1.165, 1.54) is 5.69 Å². The second kappa shape index (κ2) is 14.9. The zero-order valence-electron chi connectivity index (χ0n) is 29.7. The summed E-state index contributed by atoms with van der Waals surface area (Å²) in [6.45, 7) is 4.98. The molecule has 8 rings (SSSR count). The van der Waals surface area contributed by atoms with Gasteiger partial charge >= 0.3 is 5.97 Å². The number of aromatic carboxylic acids is 1. The van der Waals surface area contributed by atoms with E-state index < -0.39 is 5.97 Å². The average Bonchev–Trinajstić information content (AvgIpc) is 3.75. The van der Waals surface area contributed by atoms with E-state index in [0.29, 0.717) is 36.1 Å². The number of carboxylic acid groups (broad SMARTS) is 1. The molecule has 12 heteroatoms. The highest BCUT2D eigenvalue weighted by molar-refractivity contribution is 7.98. The fourth-order valence-electron chi connectivity index (χ4n) is 7.79. The SMILES string of the molecule is Cc1c2c(nn1C)CSCc1cc(nn1CC1CCOCC1)CSc1cc(c3ccccc3c1)OCCCc1c(C(=O)O)n(C)c3c-2c(Cl)ccc13. The fourth-order valence-corrected chi connectivity index (χ4v) is 9.83. The summed E-state index contributed by atoms with van der Waals surface area (Å²) in [5.41, 5.74) is 7.83. The third-order valence-corrected chi connectivity index (χ3v) is 12.8. The van der Waals surface area contributed by atoms with Gasteiger partial charge in [0.25, 0.3) is 0 Å². The van der Waals surface area contributed by atoms with E-state index in [4.69, 9.17) is 31.3 Å². The Bertz CT molecular complexity index is 2300. The minimum Gasteiger partial charge on any atom is -0.493 e. The van der Waals surface area contributed by atoms with E-state index in [1.54, 1.807) is 16.3 Å². The lowest BCUT2D eigenvalue weighted by Gasteiger charge is -2.22. The lowest BCUT2D eigenvalue weighted by Crippen LogP contribution is -2.21. The van der Waals surface area contributed by atoms with Gasteiger partial charge in [0, 0.05) is 89.3 Å². The van der Waals surface area contributed by atoms with Crippen LogP contribution in [0, 0.1) is 12.8 Å². The second-order valence-electron chi connectivity index (χ2n) is 13.8. The molecule has 0 atom stereocenters. The number of thioether (sulfide) groups is 2. The first-order valence-corrected chi connectivity index (χ1v) is 20.3. The van der Waals surface area contributed by atoms with Crippen molar-refractivity contribution in [1.82, 2.24) is 24.1 Å². The fraction of sp³-hybridized carbons (Fsp3) is 0.375. The van der Waals surface area contributed by atoms with Crippen LogP contribution in [0.15, 0.2) is 59.5 Å². The van der Waals surface area contributed by atoms with Gasteiger partial charge in [-0.05, 0) is 73.7 Å². The van der Waals surface area contributed by atoms with Crippen LogP contribution in [-0.4, -0.2) is 55.0 Å². The van der Waals surface area contributed by atoms with Crippen LogP contribution in [-0.2, 0) is 49.1 Å². The topological polar surface area (TPSA) is 96.3 Å². The molecule has 3 aromatic heterocycles. The summed E-state index contributed by atoms with van der Waals surface area (Å²) in [4.78, 5) is 14.0. The summed E-state index contributed by atoms with van der Waals surface area (Å²) in [6, 6.07) is 18.8. The largest absolute Gasteiger partial charge is 0.493 e. The molecule has 2 aliphatic heterocycles. The van der Waals surface area contributed by atoms with Gasteiger partial charge in [0.05, 0.1) is 28.5 Å². The number of hydrogen-bond donors (Lipinski definition) is 1. The van der Waals surface area contributed by atoms with E-state index >= 15 is 0 Å². The predicted molar refractivity (Wildman–Crippen MR) is 210 cm³/mol. The maximum atomic E-state index is 12.8. The van der Waals surface area contributed by atoms with Gasteiger partial charge in [0.1, 0.15) is 11.4 Å². The van der Waals surface area contributed by atoms with Gasteiger partial charge in [-0.2, -0.15) is 10.2 Å². The van der Waals surface area contributed by atoms with Gasteiger partial charge in [-0.15, -0.1) is 23.5 Å². The molecule has 8 bridgehead atoms. The molecule has 9 nitrogen and oxygen atoms in total. The Labute approximate surface area is 316 Å². The number of ether oxygens (including phenoxy) is 2. The molecule has 1 fully saturated rings. The van der Waals surface area contributed by atoms with Crippen molar-refractivity contribution in [2.75, 3.05) is 19.8 Å². The van der Waals surface area contributed by atoms with Crippen LogP contribution < -0.4 is 4.74 Å². The number of carboxylic acids is 1. The molecule has 1 N–H and O–H groups in total. The standard InChI is InChI=1S/C40H42ClN5O4S2/c1-24-36-34(43-45(24)3)23-51-22-28-18-27(42-46(28)20-25-12-15-49-16-13-25)21-52-29-17-26-7-4-5-8-30(26)35(19-29)50-14-6-9-31-32-10-11-33(41)37(36)38(32)44(2)39(31)40(47)48/h4-5,7-8,10-11,17-19,25H,6,9,12-16,20-23H2,1-3H3,(H,47,48). The van der Waals surface area contributed by atoms with Gasteiger partial charge in [0.2, 0.25) is 0 Å². The van der Waals surface area contributed by atoms with Gasteiger partial charge in [-0.1, -0.05) is 41.9 Å². The summed E-state index contributed by atoms with van der Waals surface area (Å²) in [5, 5.41) is 24.3. The third-order valence-electron chi connectivity index (χ3n) is 10.5. The molecule has 0 radical (unpaired) electrons. The van der Waals surface area contributed by atoms with Gasteiger partial charge in [0.15, 0.2) is 0 Å². The van der Waals surface area contributed by atoms with Crippen molar-refractivity contribution in [3.05, 3.63) is 93.7 Å². The maximum Gasteiger partial charge on any atom is 0.352 e.